The van der Waals surface area contributed by atoms with Gasteiger partial charge in [-0.05, 0) is 38.0 Å². The molecule has 2 fully saturated rings. The van der Waals surface area contributed by atoms with Crippen molar-refractivity contribution in [2.45, 2.75) is 64.7 Å². The number of amides is 2. The van der Waals surface area contributed by atoms with E-state index in [9.17, 15) is 9.59 Å². The second-order valence-electron chi connectivity index (χ2n) is 6.92. The zero-order valence-corrected chi connectivity index (χ0v) is 13.3. The summed E-state index contributed by atoms with van der Waals surface area (Å²) in [5.74, 6) is 0.615. The molecule has 120 valence electrons. The third-order valence-electron chi connectivity index (χ3n) is 5.18. The van der Waals surface area contributed by atoms with Crippen molar-refractivity contribution in [3.05, 3.63) is 0 Å². The summed E-state index contributed by atoms with van der Waals surface area (Å²) in [7, 11) is 0. The van der Waals surface area contributed by atoms with E-state index >= 15 is 0 Å². The van der Waals surface area contributed by atoms with E-state index in [4.69, 9.17) is 5.73 Å². The Balaban J connectivity index is 2.00. The van der Waals surface area contributed by atoms with Gasteiger partial charge in [0.25, 0.3) is 0 Å². The molecular weight excluding hydrogens is 264 g/mol. The van der Waals surface area contributed by atoms with Crippen LogP contribution in [0.1, 0.15) is 64.7 Å². The first-order valence-corrected chi connectivity index (χ1v) is 8.68. The predicted molar refractivity (Wildman–Crippen MR) is 83.4 cm³/mol. The normalized spacial score (nSPS) is 22.0. The Kier molecular flexibility index (Phi) is 6.07. The lowest BCUT2D eigenvalue weighted by atomic mass is 9.80. The van der Waals surface area contributed by atoms with Gasteiger partial charge in [-0.15, -0.1) is 0 Å². The van der Waals surface area contributed by atoms with E-state index < -0.39 is 0 Å². The number of rotatable bonds is 9. The van der Waals surface area contributed by atoms with Crippen LogP contribution >= 0.6 is 0 Å². The molecule has 0 aromatic carbocycles. The zero-order valence-electron chi connectivity index (χ0n) is 13.3. The number of carbonyl (C=O) groups excluding carboxylic acids is 2. The minimum atomic E-state index is -0.287. The second kappa shape index (κ2) is 7.81. The first kappa shape index (κ1) is 16.3. The molecule has 0 heterocycles. The number of primary amides is 1. The van der Waals surface area contributed by atoms with Crippen molar-refractivity contribution in [1.29, 1.82) is 0 Å². The number of hydrogen-bond donors (Lipinski definition) is 2. The molecule has 2 aliphatic rings. The summed E-state index contributed by atoms with van der Waals surface area (Å²) < 4.78 is 0. The fraction of sp³-hybridized carbons (Fsp3) is 0.882. The maximum absolute atomic E-state index is 12.4. The molecule has 2 atom stereocenters. The van der Waals surface area contributed by atoms with Crippen LogP contribution in [0.2, 0.25) is 0 Å². The lowest BCUT2D eigenvalue weighted by Crippen LogP contribution is -2.41. The van der Waals surface area contributed by atoms with Crippen molar-refractivity contribution in [3.8, 4) is 0 Å². The molecule has 4 heteroatoms. The highest BCUT2D eigenvalue weighted by atomic mass is 16.2. The summed E-state index contributed by atoms with van der Waals surface area (Å²) in [5.41, 5.74) is 5.63. The monoisotopic (exact) mass is 294 g/mol. The third kappa shape index (κ3) is 5.01. The smallest absolute Gasteiger partial charge is 0.223 e. The average Bonchev–Trinajstić information content (AvgIpc) is 3.12. The van der Waals surface area contributed by atoms with Crippen LogP contribution in [0.15, 0.2) is 0 Å². The number of hydrogen-bond acceptors (Lipinski definition) is 2. The maximum Gasteiger partial charge on any atom is 0.223 e. The highest BCUT2D eigenvalue weighted by Gasteiger charge is 2.35. The highest BCUT2D eigenvalue weighted by Crippen LogP contribution is 2.38. The van der Waals surface area contributed by atoms with Gasteiger partial charge in [-0.2, -0.15) is 0 Å². The van der Waals surface area contributed by atoms with E-state index in [0.29, 0.717) is 12.5 Å². The first-order valence-electron chi connectivity index (χ1n) is 8.68. The van der Waals surface area contributed by atoms with E-state index in [1.807, 2.05) is 6.92 Å². The van der Waals surface area contributed by atoms with Gasteiger partial charge in [-0.1, -0.05) is 38.5 Å². The van der Waals surface area contributed by atoms with Gasteiger partial charge < -0.3 is 11.1 Å². The van der Waals surface area contributed by atoms with E-state index in [0.717, 1.165) is 25.2 Å². The van der Waals surface area contributed by atoms with Gasteiger partial charge in [0.1, 0.15) is 0 Å². The van der Waals surface area contributed by atoms with Crippen LogP contribution in [0, 0.1) is 23.7 Å². The molecule has 2 rings (SSSR count). The van der Waals surface area contributed by atoms with Crippen molar-refractivity contribution in [3.63, 3.8) is 0 Å². The molecule has 0 aliphatic heterocycles. The molecule has 2 saturated carbocycles. The van der Waals surface area contributed by atoms with Gasteiger partial charge in [0, 0.05) is 18.4 Å². The Morgan fingerprint density at radius 2 is 1.76 bits per heavy atom. The molecule has 0 saturated heterocycles. The zero-order chi connectivity index (χ0) is 15.2. The molecule has 2 amide bonds. The highest BCUT2D eigenvalue weighted by molar-refractivity contribution is 5.86. The van der Waals surface area contributed by atoms with Crippen molar-refractivity contribution >= 4 is 11.8 Å². The summed E-state index contributed by atoms with van der Waals surface area (Å²) >= 11 is 0. The van der Waals surface area contributed by atoms with Crippen molar-refractivity contribution < 1.29 is 9.59 Å². The van der Waals surface area contributed by atoms with Gasteiger partial charge in [0.15, 0.2) is 0 Å². The topological polar surface area (TPSA) is 72.2 Å². The molecule has 2 aliphatic carbocycles. The first-order chi connectivity index (χ1) is 10.1. The number of carbonyl (C=O) groups is 2. The van der Waals surface area contributed by atoms with Crippen LogP contribution in [-0.2, 0) is 9.59 Å². The van der Waals surface area contributed by atoms with Crippen LogP contribution in [-0.4, -0.2) is 18.4 Å². The van der Waals surface area contributed by atoms with Crippen molar-refractivity contribution in [2.75, 3.05) is 6.54 Å². The predicted octanol–water partition coefficient (Wildman–Crippen LogP) is 2.61. The fourth-order valence-corrected chi connectivity index (χ4v) is 3.73. The molecule has 0 aromatic rings. The van der Waals surface area contributed by atoms with Crippen molar-refractivity contribution in [1.82, 2.24) is 5.32 Å². The van der Waals surface area contributed by atoms with Crippen LogP contribution in [0.25, 0.3) is 0 Å². The third-order valence-corrected chi connectivity index (χ3v) is 5.18. The Hall–Kier alpha value is -1.06. The lowest BCUT2D eigenvalue weighted by molar-refractivity contribution is -0.134. The van der Waals surface area contributed by atoms with Crippen LogP contribution < -0.4 is 11.1 Å². The van der Waals surface area contributed by atoms with Crippen LogP contribution in [0.3, 0.4) is 0 Å². The quantitative estimate of drug-likeness (QED) is 0.686. The fourth-order valence-electron chi connectivity index (χ4n) is 3.73. The average molecular weight is 294 g/mol. The summed E-state index contributed by atoms with van der Waals surface area (Å²) in [5, 5.41) is 2.91. The van der Waals surface area contributed by atoms with Gasteiger partial charge in [-0.3, -0.25) is 9.59 Å². The van der Waals surface area contributed by atoms with Gasteiger partial charge in [-0.25, -0.2) is 0 Å². The Morgan fingerprint density at radius 3 is 2.29 bits per heavy atom. The number of nitrogens with one attached hydrogen (secondary N) is 1. The maximum atomic E-state index is 12.4. The lowest BCUT2D eigenvalue weighted by Gasteiger charge is -2.26. The SMILES string of the molecule is CCNC(=O)C(CC1CCCC1)[C@H](CCC1CC1)C(N)=O. The molecular formula is C17H30N2O2. The van der Waals surface area contributed by atoms with Gasteiger partial charge in [0.05, 0.1) is 0 Å². The molecule has 3 N–H and O–H groups in total. The summed E-state index contributed by atoms with van der Waals surface area (Å²) in [6.45, 7) is 2.54. The van der Waals surface area contributed by atoms with Crippen LogP contribution in [0.4, 0.5) is 0 Å². The largest absolute Gasteiger partial charge is 0.369 e. The van der Waals surface area contributed by atoms with E-state index in [1.165, 1.54) is 38.5 Å². The molecule has 0 spiro atoms. The molecule has 1 unspecified atom stereocenters. The molecule has 0 bridgehead atoms. The molecule has 0 aromatic heterocycles. The molecule has 21 heavy (non-hydrogen) atoms. The standard InChI is InChI=1S/C17H30N2O2/c1-2-19-17(21)15(11-13-5-3-4-6-13)14(16(18)20)10-9-12-7-8-12/h12-15H,2-11H2,1H3,(H2,18,20)(H,19,21)/t14-,15?/m0/s1. The van der Waals surface area contributed by atoms with E-state index in [2.05, 4.69) is 5.32 Å². The summed E-state index contributed by atoms with van der Waals surface area (Å²) in [4.78, 5) is 24.3. The molecule has 0 radical (unpaired) electrons. The number of nitrogens with two attached hydrogens (primary N) is 1. The van der Waals surface area contributed by atoms with Gasteiger partial charge in [0.2, 0.25) is 11.8 Å². The minimum Gasteiger partial charge on any atom is -0.369 e. The van der Waals surface area contributed by atoms with Crippen LogP contribution in [0.5, 0.6) is 0 Å². The Bertz CT molecular complexity index is 360. The summed E-state index contributed by atoms with van der Waals surface area (Å²) in [6.07, 6.45) is 10.1. The molecule has 4 nitrogen and oxygen atoms in total. The Labute approximate surface area is 128 Å². The van der Waals surface area contributed by atoms with E-state index in [1.54, 1.807) is 0 Å². The minimum absolute atomic E-state index is 0.0315. The van der Waals surface area contributed by atoms with Gasteiger partial charge >= 0.3 is 0 Å². The van der Waals surface area contributed by atoms with E-state index in [-0.39, 0.29) is 23.7 Å². The Morgan fingerprint density at radius 1 is 1.10 bits per heavy atom. The second-order valence-corrected chi connectivity index (χ2v) is 6.92. The van der Waals surface area contributed by atoms with Crippen molar-refractivity contribution in [2.24, 2.45) is 29.4 Å². The summed E-state index contributed by atoms with van der Waals surface area (Å²) in [6, 6.07) is 0.